The molecule has 1 unspecified atom stereocenters. The van der Waals surface area contributed by atoms with Crippen LogP contribution in [0.5, 0.6) is 0 Å². The van der Waals surface area contributed by atoms with Crippen LogP contribution in [0, 0.1) is 5.92 Å². The van der Waals surface area contributed by atoms with Gasteiger partial charge in [-0.25, -0.2) is 0 Å². The Labute approximate surface area is 149 Å². The van der Waals surface area contributed by atoms with Crippen molar-refractivity contribution in [2.45, 2.75) is 51.3 Å². The maximum atomic E-state index is 13.0. The third-order valence-electron chi connectivity index (χ3n) is 4.66. The van der Waals surface area contributed by atoms with Gasteiger partial charge in [0.15, 0.2) is 0 Å². The third-order valence-corrected chi connectivity index (χ3v) is 5.52. The van der Waals surface area contributed by atoms with E-state index in [1.807, 2.05) is 4.90 Å². The Morgan fingerprint density at radius 1 is 1.48 bits per heavy atom. The number of carbonyl (C=O) groups is 1. The number of nitrogens with zero attached hydrogens (tertiary/aromatic N) is 1. The quantitative estimate of drug-likeness (QED) is 0.879. The number of amides is 1. The fourth-order valence-electron chi connectivity index (χ4n) is 3.47. The molecule has 0 spiro atoms. The van der Waals surface area contributed by atoms with Gasteiger partial charge in [-0.15, -0.1) is 23.7 Å². The van der Waals surface area contributed by atoms with Gasteiger partial charge in [0.1, 0.15) is 0 Å². The molecule has 130 valence electrons. The highest BCUT2D eigenvalue weighted by Crippen LogP contribution is 2.23. The lowest BCUT2D eigenvalue weighted by Crippen LogP contribution is -2.45. The zero-order valence-corrected chi connectivity index (χ0v) is 15.3. The van der Waals surface area contributed by atoms with Crippen LogP contribution in [0.1, 0.15) is 37.5 Å². The van der Waals surface area contributed by atoms with Crippen molar-refractivity contribution in [2.75, 3.05) is 19.7 Å². The first-order valence-corrected chi connectivity index (χ1v) is 9.26. The van der Waals surface area contributed by atoms with Gasteiger partial charge < -0.3 is 15.0 Å². The highest BCUT2D eigenvalue weighted by molar-refractivity contribution is 7.09. The number of halogens is 1. The number of piperidine rings is 1. The van der Waals surface area contributed by atoms with Crippen molar-refractivity contribution in [2.24, 2.45) is 5.92 Å². The molecule has 3 rings (SSSR count). The predicted molar refractivity (Wildman–Crippen MR) is 96.1 cm³/mol. The fraction of sp³-hybridized carbons (Fsp3) is 0.706. The standard InChI is InChI=1S/C17H26N2O2S.ClH/c1-13-10-14(6-7-18-13)17(20)19(11-15-4-2-8-21-15)12-16-5-3-9-22-16;/h3,5,9,13-15,18H,2,4,6-8,10-12H2,1H3;1H/t13-,14-,15?;/m0./s1. The number of hydrogen-bond acceptors (Lipinski definition) is 4. The molecule has 0 aliphatic carbocycles. The molecule has 0 radical (unpaired) electrons. The van der Waals surface area contributed by atoms with Gasteiger partial charge in [0.25, 0.3) is 0 Å². The largest absolute Gasteiger partial charge is 0.376 e. The Bertz CT molecular complexity index is 477. The minimum Gasteiger partial charge on any atom is -0.376 e. The Kier molecular flexibility index (Phi) is 7.34. The maximum Gasteiger partial charge on any atom is 0.226 e. The molecule has 23 heavy (non-hydrogen) atoms. The summed E-state index contributed by atoms with van der Waals surface area (Å²) in [7, 11) is 0. The molecule has 1 amide bonds. The van der Waals surface area contributed by atoms with E-state index in [2.05, 4.69) is 29.8 Å². The van der Waals surface area contributed by atoms with Crippen LogP contribution in [0.15, 0.2) is 17.5 Å². The van der Waals surface area contributed by atoms with Crippen molar-refractivity contribution < 1.29 is 9.53 Å². The SMILES string of the molecule is C[C@H]1C[C@@H](C(=O)N(Cc2cccs2)CC2CCCO2)CCN1.Cl. The van der Waals surface area contributed by atoms with Gasteiger partial charge in [-0.2, -0.15) is 0 Å². The Balaban J connectivity index is 0.00000192. The summed E-state index contributed by atoms with van der Waals surface area (Å²) in [5, 5.41) is 5.51. The molecule has 6 heteroatoms. The van der Waals surface area contributed by atoms with Crippen molar-refractivity contribution >= 4 is 29.7 Å². The van der Waals surface area contributed by atoms with E-state index >= 15 is 0 Å². The second kappa shape index (κ2) is 9.02. The van der Waals surface area contributed by atoms with Crippen LogP contribution in [-0.4, -0.2) is 42.6 Å². The number of ether oxygens (including phenoxy) is 1. The molecule has 1 aromatic heterocycles. The fourth-order valence-corrected chi connectivity index (χ4v) is 4.19. The minimum absolute atomic E-state index is 0. The summed E-state index contributed by atoms with van der Waals surface area (Å²) >= 11 is 1.73. The molecule has 0 aromatic carbocycles. The van der Waals surface area contributed by atoms with Gasteiger partial charge >= 0.3 is 0 Å². The molecule has 3 atom stereocenters. The van der Waals surface area contributed by atoms with Crippen LogP contribution in [0.2, 0.25) is 0 Å². The summed E-state index contributed by atoms with van der Waals surface area (Å²) in [6.07, 6.45) is 4.33. The van der Waals surface area contributed by atoms with Crippen LogP contribution in [0.4, 0.5) is 0 Å². The summed E-state index contributed by atoms with van der Waals surface area (Å²) in [4.78, 5) is 16.3. The molecule has 2 aliphatic heterocycles. The Hall–Kier alpha value is -0.620. The smallest absolute Gasteiger partial charge is 0.226 e. The van der Waals surface area contributed by atoms with Crippen LogP contribution in [-0.2, 0) is 16.1 Å². The van der Waals surface area contributed by atoms with E-state index in [9.17, 15) is 4.79 Å². The second-order valence-corrected chi connectivity index (χ2v) is 7.54. The van der Waals surface area contributed by atoms with Crippen molar-refractivity contribution in [1.29, 1.82) is 0 Å². The van der Waals surface area contributed by atoms with E-state index in [1.54, 1.807) is 11.3 Å². The molecule has 1 N–H and O–H groups in total. The summed E-state index contributed by atoms with van der Waals surface area (Å²) < 4.78 is 5.76. The van der Waals surface area contributed by atoms with Gasteiger partial charge in [0.2, 0.25) is 5.91 Å². The first-order chi connectivity index (χ1) is 10.7. The number of nitrogens with one attached hydrogen (secondary N) is 1. The molecule has 0 saturated carbocycles. The number of hydrogen-bond donors (Lipinski definition) is 1. The lowest BCUT2D eigenvalue weighted by molar-refractivity contribution is -0.139. The summed E-state index contributed by atoms with van der Waals surface area (Å²) in [6, 6.07) is 4.61. The van der Waals surface area contributed by atoms with Crippen LogP contribution in [0.25, 0.3) is 0 Å². The van der Waals surface area contributed by atoms with E-state index in [1.165, 1.54) is 4.88 Å². The van der Waals surface area contributed by atoms with Gasteiger partial charge in [0, 0.05) is 30.0 Å². The normalized spacial score (nSPS) is 27.4. The first kappa shape index (κ1) is 18.7. The second-order valence-electron chi connectivity index (χ2n) is 6.51. The van der Waals surface area contributed by atoms with Gasteiger partial charge in [0.05, 0.1) is 12.6 Å². The van der Waals surface area contributed by atoms with Crippen LogP contribution in [0.3, 0.4) is 0 Å². The molecule has 1 aromatic rings. The van der Waals surface area contributed by atoms with E-state index in [4.69, 9.17) is 4.74 Å². The van der Waals surface area contributed by atoms with E-state index < -0.39 is 0 Å². The van der Waals surface area contributed by atoms with Gasteiger partial charge in [-0.05, 0) is 50.6 Å². The monoisotopic (exact) mass is 358 g/mol. The summed E-state index contributed by atoms with van der Waals surface area (Å²) in [5.41, 5.74) is 0. The lowest BCUT2D eigenvalue weighted by atomic mass is 9.92. The van der Waals surface area contributed by atoms with Crippen molar-refractivity contribution in [3.05, 3.63) is 22.4 Å². The van der Waals surface area contributed by atoms with Crippen molar-refractivity contribution in [3.8, 4) is 0 Å². The van der Waals surface area contributed by atoms with Crippen LogP contribution < -0.4 is 5.32 Å². The van der Waals surface area contributed by atoms with E-state index in [0.29, 0.717) is 11.9 Å². The predicted octanol–water partition coefficient (Wildman–Crippen LogP) is 3.07. The molecule has 0 bridgehead atoms. The zero-order valence-electron chi connectivity index (χ0n) is 13.7. The number of rotatable bonds is 5. The van der Waals surface area contributed by atoms with Gasteiger partial charge in [-0.3, -0.25) is 4.79 Å². The highest BCUT2D eigenvalue weighted by Gasteiger charge is 2.30. The topological polar surface area (TPSA) is 41.6 Å². The van der Waals surface area contributed by atoms with Crippen molar-refractivity contribution in [3.63, 3.8) is 0 Å². The zero-order chi connectivity index (χ0) is 15.4. The molecular weight excluding hydrogens is 332 g/mol. The van der Waals surface area contributed by atoms with Gasteiger partial charge in [-0.1, -0.05) is 6.07 Å². The molecule has 3 heterocycles. The minimum atomic E-state index is 0. The number of carbonyl (C=O) groups excluding carboxylic acids is 1. The molecular formula is C17H27ClN2O2S. The van der Waals surface area contributed by atoms with E-state index in [-0.39, 0.29) is 24.4 Å². The molecule has 2 saturated heterocycles. The van der Waals surface area contributed by atoms with E-state index in [0.717, 1.165) is 51.9 Å². The first-order valence-electron chi connectivity index (χ1n) is 8.38. The van der Waals surface area contributed by atoms with Crippen molar-refractivity contribution in [1.82, 2.24) is 10.2 Å². The molecule has 2 fully saturated rings. The van der Waals surface area contributed by atoms with Crippen LogP contribution >= 0.6 is 23.7 Å². The Morgan fingerprint density at radius 2 is 2.35 bits per heavy atom. The highest BCUT2D eigenvalue weighted by atomic mass is 35.5. The third kappa shape index (κ3) is 5.18. The average molecular weight is 359 g/mol. The molecule has 2 aliphatic rings. The lowest BCUT2D eigenvalue weighted by Gasteiger charge is -2.33. The Morgan fingerprint density at radius 3 is 3.00 bits per heavy atom. The maximum absolute atomic E-state index is 13.0. The number of thiophene rings is 1. The summed E-state index contributed by atoms with van der Waals surface area (Å²) in [5.74, 6) is 0.481. The average Bonchev–Trinajstić information content (AvgIpc) is 3.19. The summed E-state index contributed by atoms with van der Waals surface area (Å²) in [6.45, 7) is 5.44. The molecule has 4 nitrogen and oxygen atoms in total.